The molecule has 2 aromatic rings. The summed E-state index contributed by atoms with van der Waals surface area (Å²) in [6.45, 7) is 7.69. The van der Waals surface area contributed by atoms with Gasteiger partial charge in [0.1, 0.15) is 5.82 Å². The Balaban J connectivity index is 2.01. The quantitative estimate of drug-likeness (QED) is 0.152. The van der Waals surface area contributed by atoms with E-state index >= 15 is 0 Å². The number of amides is 2. The van der Waals surface area contributed by atoms with Crippen molar-refractivity contribution in [1.29, 1.82) is 5.41 Å². The Morgan fingerprint density at radius 2 is 1.24 bits per heavy atom. The molecular formula is C24H33N9O. The van der Waals surface area contributed by atoms with Gasteiger partial charge in [0, 0.05) is 11.4 Å². The number of nitrogens with two attached hydrogens (primary N) is 2. The Bertz CT molecular complexity index is 958. The van der Waals surface area contributed by atoms with Crippen molar-refractivity contribution >= 4 is 34.8 Å². The van der Waals surface area contributed by atoms with Gasteiger partial charge in [0.05, 0.1) is 11.4 Å². The van der Waals surface area contributed by atoms with Gasteiger partial charge >= 0.3 is 6.03 Å². The third-order valence-electron chi connectivity index (χ3n) is 4.57. The number of rotatable bonds is 11. The molecule has 0 unspecified atom stereocenters. The molecule has 2 amide bonds. The van der Waals surface area contributed by atoms with E-state index in [1.54, 1.807) is 12.1 Å². The van der Waals surface area contributed by atoms with Crippen molar-refractivity contribution in [2.24, 2.45) is 21.7 Å². The monoisotopic (exact) mass is 463 g/mol. The number of anilines is 2. The van der Waals surface area contributed by atoms with Gasteiger partial charge in [-0.05, 0) is 48.2 Å². The number of benzene rings is 2. The highest BCUT2D eigenvalue weighted by Gasteiger charge is 2.08. The fraction of sp³-hybridized carbons (Fsp3) is 0.250. The van der Waals surface area contributed by atoms with Crippen LogP contribution in [0.3, 0.4) is 0 Å². The van der Waals surface area contributed by atoms with Gasteiger partial charge < -0.3 is 22.1 Å². The summed E-state index contributed by atoms with van der Waals surface area (Å²) < 4.78 is 0. The smallest absolute Gasteiger partial charge is 0.323 e. The van der Waals surface area contributed by atoms with Crippen LogP contribution in [-0.2, 0) is 0 Å². The second-order valence-electron chi connectivity index (χ2n) is 7.51. The van der Waals surface area contributed by atoms with Gasteiger partial charge in [-0.2, -0.15) is 10.2 Å². The highest BCUT2D eigenvalue weighted by molar-refractivity contribution is 6.03. The Kier molecular flexibility index (Phi) is 10.1. The predicted octanol–water partition coefficient (Wildman–Crippen LogP) is 3.84. The molecule has 34 heavy (non-hydrogen) atoms. The molecule has 0 saturated heterocycles. The maximum atomic E-state index is 12.4. The highest BCUT2D eigenvalue weighted by Crippen LogP contribution is 2.15. The van der Waals surface area contributed by atoms with Gasteiger partial charge in [0.15, 0.2) is 0 Å². The van der Waals surface area contributed by atoms with Crippen molar-refractivity contribution in [3.8, 4) is 0 Å². The molecule has 10 heteroatoms. The molecule has 0 aliphatic carbocycles. The Morgan fingerprint density at radius 3 is 1.59 bits per heavy atom. The molecular weight excluding hydrogens is 430 g/mol. The molecule has 180 valence electrons. The first kappa shape index (κ1) is 25.9. The largest absolute Gasteiger partial charge is 0.385 e. The van der Waals surface area contributed by atoms with Crippen molar-refractivity contribution in [3.05, 3.63) is 72.1 Å². The maximum Gasteiger partial charge on any atom is 0.323 e. The van der Waals surface area contributed by atoms with Crippen molar-refractivity contribution in [3.63, 3.8) is 0 Å². The summed E-state index contributed by atoms with van der Waals surface area (Å²) in [6, 6.07) is 14.4. The zero-order valence-electron chi connectivity index (χ0n) is 19.6. The van der Waals surface area contributed by atoms with E-state index in [2.05, 4.69) is 45.2 Å². The summed E-state index contributed by atoms with van der Waals surface area (Å²) in [7, 11) is 0. The van der Waals surface area contributed by atoms with Gasteiger partial charge in [-0.3, -0.25) is 10.8 Å². The van der Waals surface area contributed by atoms with E-state index < -0.39 is 0 Å². The van der Waals surface area contributed by atoms with E-state index in [9.17, 15) is 4.79 Å². The second-order valence-corrected chi connectivity index (χ2v) is 7.51. The van der Waals surface area contributed by atoms with Crippen LogP contribution in [0.2, 0.25) is 0 Å². The molecule has 0 bridgehead atoms. The van der Waals surface area contributed by atoms with Crippen LogP contribution in [0.4, 0.5) is 16.2 Å². The van der Waals surface area contributed by atoms with E-state index in [1.807, 2.05) is 43.3 Å². The first-order valence-electron chi connectivity index (χ1n) is 11.0. The SMILES string of the molecule is C=C(N)NN=C(CCC)c1ccc(NC(=O)Nc2ccc(C(CCC)=NNC(=N)N)cc2)cc1. The Labute approximate surface area is 200 Å². The lowest BCUT2D eigenvalue weighted by molar-refractivity contribution is 0.262. The molecule has 0 aliphatic heterocycles. The van der Waals surface area contributed by atoms with E-state index in [0.717, 1.165) is 48.2 Å². The molecule has 0 radical (unpaired) electrons. The molecule has 0 aliphatic rings. The summed E-state index contributed by atoms with van der Waals surface area (Å²) in [4.78, 5) is 12.4. The topological polar surface area (TPSA) is 166 Å². The lowest BCUT2D eigenvalue weighted by atomic mass is 10.1. The number of hydrogen-bond donors (Lipinski definition) is 7. The fourth-order valence-corrected chi connectivity index (χ4v) is 3.06. The highest BCUT2D eigenvalue weighted by atomic mass is 16.2. The first-order chi connectivity index (χ1) is 16.3. The van der Waals surface area contributed by atoms with Gasteiger partial charge in [-0.1, -0.05) is 57.5 Å². The summed E-state index contributed by atoms with van der Waals surface area (Å²) >= 11 is 0. The summed E-state index contributed by atoms with van der Waals surface area (Å²) in [5.41, 5.74) is 20.8. The van der Waals surface area contributed by atoms with E-state index in [4.69, 9.17) is 16.9 Å². The Hall–Kier alpha value is -4.34. The van der Waals surface area contributed by atoms with Crippen LogP contribution >= 0.6 is 0 Å². The van der Waals surface area contributed by atoms with Crippen LogP contribution in [-0.4, -0.2) is 23.4 Å². The predicted molar refractivity (Wildman–Crippen MR) is 140 cm³/mol. The number of carbonyl (C=O) groups is 1. The Morgan fingerprint density at radius 1 is 0.824 bits per heavy atom. The van der Waals surface area contributed by atoms with Crippen LogP contribution in [0.5, 0.6) is 0 Å². The van der Waals surface area contributed by atoms with Crippen LogP contribution in [0, 0.1) is 5.41 Å². The lowest BCUT2D eigenvalue weighted by Gasteiger charge is -2.11. The lowest BCUT2D eigenvalue weighted by Crippen LogP contribution is -2.27. The molecule has 2 rings (SSSR count). The van der Waals surface area contributed by atoms with Crippen LogP contribution in [0.15, 0.2) is 71.1 Å². The standard InChI is InChI=1S/C24H33N9O/c1-4-6-21(31-30-16(3)25)17-8-12-19(13-9-17)28-24(34)29-20-14-10-18(11-15-20)22(7-5-2)32-33-23(26)27/h8-15,30H,3-7,25H2,1-2H3,(H4,26,27,33)(H2,28,29,34). The zero-order valence-corrected chi connectivity index (χ0v) is 19.6. The third kappa shape index (κ3) is 8.65. The minimum absolute atomic E-state index is 0.219. The van der Waals surface area contributed by atoms with Gasteiger partial charge in [-0.15, -0.1) is 0 Å². The molecule has 0 heterocycles. The number of hydrazone groups is 2. The fourth-order valence-electron chi connectivity index (χ4n) is 3.06. The second kappa shape index (κ2) is 13.3. The normalized spacial score (nSPS) is 11.5. The number of carbonyl (C=O) groups excluding carboxylic acids is 1. The summed E-state index contributed by atoms with van der Waals surface area (Å²) in [6.07, 6.45) is 3.33. The van der Waals surface area contributed by atoms with Crippen molar-refractivity contribution in [2.45, 2.75) is 39.5 Å². The average molecular weight is 464 g/mol. The molecule has 2 aromatic carbocycles. The number of hydrogen-bond acceptors (Lipinski definition) is 6. The molecule has 0 spiro atoms. The number of guanidine groups is 1. The van der Waals surface area contributed by atoms with Crippen LogP contribution in [0.1, 0.15) is 50.7 Å². The molecule has 0 atom stereocenters. The van der Waals surface area contributed by atoms with Crippen molar-refractivity contribution in [1.82, 2.24) is 10.9 Å². The average Bonchev–Trinajstić information content (AvgIpc) is 2.80. The van der Waals surface area contributed by atoms with E-state index in [0.29, 0.717) is 11.4 Å². The number of nitrogens with zero attached hydrogens (tertiary/aromatic N) is 2. The van der Waals surface area contributed by atoms with Gasteiger partial charge in [0.2, 0.25) is 5.96 Å². The summed E-state index contributed by atoms with van der Waals surface area (Å²) in [5, 5.41) is 21.4. The van der Waals surface area contributed by atoms with Crippen molar-refractivity contribution < 1.29 is 4.79 Å². The maximum absolute atomic E-state index is 12.4. The molecule has 0 aromatic heterocycles. The van der Waals surface area contributed by atoms with E-state index in [1.165, 1.54) is 0 Å². The van der Waals surface area contributed by atoms with E-state index in [-0.39, 0.29) is 17.8 Å². The molecule has 9 N–H and O–H groups in total. The first-order valence-corrected chi connectivity index (χ1v) is 11.0. The third-order valence-corrected chi connectivity index (χ3v) is 4.57. The van der Waals surface area contributed by atoms with Gasteiger partial charge in [-0.25, -0.2) is 10.2 Å². The minimum atomic E-state index is -0.357. The minimum Gasteiger partial charge on any atom is -0.385 e. The number of urea groups is 1. The van der Waals surface area contributed by atoms with Crippen LogP contribution < -0.4 is 33.0 Å². The van der Waals surface area contributed by atoms with Gasteiger partial charge in [0.25, 0.3) is 0 Å². The molecule has 0 fully saturated rings. The van der Waals surface area contributed by atoms with Crippen molar-refractivity contribution in [2.75, 3.05) is 10.6 Å². The zero-order chi connectivity index (χ0) is 24.9. The van der Waals surface area contributed by atoms with Crippen LogP contribution in [0.25, 0.3) is 0 Å². The molecule has 0 saturated carbocycles. The molecule has 10 nitrogen and oxygen atoms in total. The number of nitrogens with one attached hydrogen (secondary N) is 5. The summed E-state index contributed by atoms with van der Waals surface area (Å²) in [5.74, 6) is 0.0572.